The molecule has 0 bridgehead atoms. The van der Waals surface area contributed by atoms with Crippen LogP contribution in [0, 0.1) is 6.92 Å². The number of halogens is 1. The first-order valence-electron chi connectivity index (χ1n) is 6.70. The van der Waals surface area contributed by atoms with Gasteiger partial charge in [0.2, 0.25) is 0 Å². The summed E-state index contributed by atoms with van der Waals surface area (Å²) in [5.74, 6) is 1.60. The van der Waals surface area contributed by atoms with E-state index in [1.165, 1.54) is 5.56 Å². The standard InChI is InChI=1S/C16H16ClN3/c1-12-5-4-7-14-16(12)19-15(8-9-17)20(14)11-13-6-2-3-10-18-13/h2-7,10H,8-9,11H2,1H3. The molecule has 0 N–H and O–H groups in total. The van der Waals surface area contributed by atoms with Crippen LogP contribution in [-0.4, -0.2) is 20.4 Å². The fourth-order valence-corrected chi connectivity index (χ4v) is 2.61. The van der Waals surface area contributed by atoms with E-state index in [1.807, 2.05) is 24.4 Å². The Labute approximate surface area is 123 Å². The summed E-state index contributed by atoms with van der Waals surface area (Å²) in [6.07, 6.45) is 2.59. The predicted molar refractivity (Wildman–Crippen MR) is 82.2 cm³/mol. The minimum absolute atomic E-state index is 0.574. The summed E-state index contributed by atoms with van der Waals surface area (Å²) in [6.45, 7) is 2.82. The number of hydrogen-bond acceptors (Lipinski definition) is 2. The molecule has 0 amide bonds. The van der Waals surface area contributed by atoms with Crippen molar-refractivity contribution in [3.8, 4) is 0 Å². The van der Waals surface area contributed by atoms with E-state index >= 15 is 0 Å². The first-order chi connectivity index (χ1) is 9.79. The molecule has 0 aliphatic carbocycles. The molecule has 0 saturated carbocycles. The van der Waals surface area contributed by atoms with Crippen molar-refractivity contribution in [2.45, 2.75) is 19.9 Å². The zero-order chi connectivity index (χ0) is 13.9. The third kappa shape index (κ3) is 2.41. The number of aromatic nitrogens is 3. The number of alkyl halides is 1. The van der Waals surface area contributed by atoms with E-state index < -0.39 is 0 Å². The van der Waals surface area contributed by atoms with Crippen molar-refractivity contribution >= 4 is 22.6 Å². The molecule has 0 unspecified atom stereocenters. The maximum absolute atomic E-state index is 5.91. The number of para-hydroxylation sites is 1. The van der Waals surface area contributed by atoms with Crippen LogP contribution in [0.15, 0.2) is 42.6 Å². The van der Waals surface area contributed by atoms with Crippen LogP contribution in [0.5, 0.6) is 0 Å². The molecule has 0 radical (unpaired) electrons. The summed E-state index contributed by atoms with van der Waals surface area (Å²) in [5, 5.41) is 0. The van der Waals surface area contributed by atoms with Crippen molar-refractivity contribution in [3.05, 3.63) is 59.7 Å². The summed E-state index contributed by atoms with van der Waals surface area (Å²) in [4.78, 5) is 9.15. The molecule has 2 heterocycles. The molecule has 0 fully saturated rings. The smallest absolute Gasteiger partial charge is 0.111 e. The molecule has 20 heavy (non-hydrogen) atoms. The lowest BCUT2D eigenvalue weighted by molar-refractivity contribution is 0.738. The third-order valence-corrected chi connectivity index (χ3v) is 3.61. The minimum atomic E-state index is 0.574. The fourth-order valence-electron chi connectivity index (χ4n) is 2.44. The van der Waals surface area contributed by atoms with Gasteiger partial charge in [0.25, 0.3) is 0 Å². The Kier molecular flexibility index (Phi) is 3.70. The molecule has 3 rings (SSSR count). The van der Waals surface area contributed by atoms with Crippen LogP contribution in [-0.2, 0) is 13.0 Å². The van der Waals surface area contributed by atoms with Crippen LogP contribution in [0.4, 0.5) is 0 Å². The Hall–Kier alpha value is -1.87. The van der Waals surface area contributed by atoms with Crippen molar-refractivity contribution in [3.63, 3.8) is 0 Å². The summed E-state index contributed by atoms with van der Waals surface area (Å²) >= 11 is 5.91. The van der Waals surface area contributed by atoms with Crippen molar-refractivity contribution in [2.24, 2.45) is 0 Å². The number of benzene rings is 1. The lowest BCUT2D eigenvalue weighted by Crippen LogP contribution is -2.07. The van der Waals surface area contributed by atoms with Gasteiger partial charge >= 0.3 is 0 Å². The topological polar surface area (TPSA) is 30.7 Å². The van der Waals surface area contributed by atoms with Gasteiger partial charge in [-0.25, -0.2) is 4.98 Å². The first kappa shape index (κ1) is 13.1. The second-order valence-corrected chi connectivity index (χ2v) is 5.19. The van der Waals surface area contributed by atoms with Gasteiger partial charge < -0.3 is 4.57 Å². The van der Waals surface area contributed by atoms with Gasteiger partial charge in [-0.3, -0.25) is 4.98 Å². The monoisotopic (exact) mass is 285 g/mol. The second-order valence-electron chi connectivity index (χ2n) is 4.82. The molecule has 0 aliphatic rings. The van der Waals surface area contributed by atoms with Crippen LogP contribution in [0.2, 0.25) is 0 Å². The Morgan fingerprint density at radius 1 is 1.15 bits per heavy atom. The maximum Gasteiger partial charge on any atom is 0.111 e. The predicted octanol–water partition coefficient (Wildman–Crippen LogP) is 3.57. The largest absolute Gasteiger partial charge is 0.322 e. The van der Waals surface area contributed by atoms with Gasteiger partial charge in [0, 0.05) is 18.5 Å². The number of hydrogen-bond donors (Lipinski definition) is 0. The van der Waals surface area contributed by atoms with Crippen LogP contribution in [0.3, 0.4) is 0 Å². The van der Waals surface area contributed by atoms with Crippen LogP contribution < -0.4 is 0 Å². The fraction of sp³-hybridized carbons (Fsp3) is 0.250. The second kappa shape index (κ2) is 5.63. The van der Waals surface area contributed by atoms with Crippen molar-refractivity contribution in [1.82, 2.24) is 14.5 Å². The highest BCUT2D eigenvalue weighted by molar-refractivity contribution is 6.17. The maximum atomic E-state index is 5.91. The Balaban J connectivity index is 2.12. The summed E-state index contributed by atoms with van der Waals surface area (Å²) in [5.41, 5.74) is 4.43. The molecule has 3 aromatic rings. The van der Waals surface area contributed by atoms with Gasteiger partial charge in [0.15, 0.2) is 0 Å². The lowest BCUT2D eigenvalue weighted by atomic mass is 10.2. The summed E-state index contributed by atoms with van der Waals surface area (Å²) in [7, 11) is 0. The molecule has 1 aromatic carbocycles. The van der Waals surface area contributed by atoms with Gasteiger partial charge in [-0.15, -0.1) is 11.6 Å². The van der Waals surface area contributed by atoms with Crippen molar-refractivity contribution in [1.29, 1.82) is 0 Å². The van der Waals surface area contributed by atoms with Crippen molar-refractivity contribution in [2.75, 3.05) is 5.88 Å². The molecular weight excluding hydrogens is 270 g/mol. The molecule has 0 saturated heterocycles. The highest BCUT2D eigenvalue weighted by Crippen LogP contribution is 2.21. The molecule has 3 nitrogen and oxygen atoms in total. The highest BCUT2D eigenvalue weighted by atomic mass is 35.5. The van der Waals surface area contributed by atoms with E-state index in [1.54, 1.807) is 0 Å². The molecular formula is C16H16ClN3. The zero-order valence-electron chi connectivity index (χ0n) is 11.4. The number of aryl methyl sites for hydroxylation is 2. The lowest BCUT2D eigenvalue weighted by Gasteiger charge is -2.08. The van der Waals surface area contributed by atoms with Crippen LogP contribution in [0.25, 0.3) is 11.0 Å². The van der Waals surface area contributed by atoms with Gasteiger partial charge in [0.05, 0.1) is 23.3 Å². The van der Waals surface area contributed by atoms with Crippen LogP contribution in [0.1, 0.15) is 17.1 Å². The number of imidazole rings is 1. The molecule has 0 atom stereocenters. The molecule has 0 aliphatic heterocycles. The van der Waals surface area contributed by atoms with E-state index in [9.17, 15) is 0 Å². The van der Waals surface area contributed by atoms with E-state index in [2.05, 4.69) is 34.7 Å². The van der Waals surface area contributed by atoms with E-state index in [-0.39, 0.29) is 0 Å². The molecule has 2 aromatic heterocycles. The minimum Gasteiger partial charge on any atom is -0.322 e. The Morgan fingerprint density at radius 3 is 2.80 bits per heavy atom. The number of pyridine rings is 1. The van der Waals surface area contributed by atoms with E-state index in [0.717, 1.165) is 35.5 Å². The number of nitrogens with zero attached hydrogens (tertiary/aromatic N) is 3. The molecule has 0 spiro atoms. The number of fused-ring (bicyclic) bond motifs is 1. The SMILES string of the molecule is Cc1cccc2c1nc(CCCl)n2Cc1ccccn1. The molecule has 102 valence electrons. The summed E-state index contributed by atoms with van der Waals surface area (Å²) in [6, 6.07) is 12.2. The molecule has 4 heteroatoms. The normalized spacial score (nSPS) is 11.1. The quantitative estimate of drug-likeness (QED) is 0.686. The number of rotatable bonds is 4. The van der Waals surface area contributed by atoms with Gasteiger partial charge in [0.1, 0.15) is 5.82 Å². The van der Waals surface area contributed by atoms with Gasteiger partial charge in [-0.1, -0.05) is 18.2 Å². The Morgan fingerprint density at radius 2 is 2.05 bits per heavy atom. The average Bonchev–Trinajstić information content (AvgIpc) is 2.81. The summed E-state index contributed by atoms with van der Waals surface area (Å²) < 4.78 is 2.22. The third-order valence-electron chi connectivity index (χ3n) is 3.42. The van der Waals surface area contributed by atoms with E-state index in [4.69, 9.17) is 16.6 Å². The van der Waals surface area contributed by atoms with Gasteiger partial charge in [-0.2, -0.15) is 0 Å². The van der Waals surface area contributed by atoms with E-state index in [0.29, 0.717) is 5.88 Å². The van der Waals surface area contributed by atoms with Gasteiger partial charge in [-0.05, 0) is 30.7 Å². The van der Waals surface area contributed by atoms with Crippen LogP contribution >= 0.6 is 11.6 Å². The average molecular weight is 286 g/mol. The Bertz CT molecular complexity index is 719. The zero-order valence-corrected chi connectivity index (χ0v) is 12.1. The highest BCUT2D eigenvalue weighted by Gasteiger charge is 2.12. The van der Waals surface area contributed by atoms with Crippen molar-refractivity contribution < 1.29 is 0 Å². The first-order valence-corrected chi connectivity index (χ1v) is 7.23.